The van der Waals surface area contributed by atoms with Gasteiger partial charge in [0.1, 0.15) is 10.6 Å². The predicted molar refractivity (Wildman–Crippen MR) is 89.1 cm³/mol. The summed E-state index contributed by atoms with van der Waals surface area (Å²) in [4.78, 5) is 9.91. The van der Waals surface area contributed by atoms with Crippen molar-refractivity contribution in [3.8, 4) is 0 Å². The van der Waals surface area contributed by atoms with Crippen LogP contribution in [-0.2, 0) is 0 Å². The van der Waals surface area contributed by atoms with E-state index in [4.69, 9.17) is 0 Å². The lowest BCUT2D eigenvalue weighted by atomic mass is 10.2. The van der Waals surface area contributed by atoms with Gasteiger partial charge < -0.3 is 10.6 Å². The molecular formula is C14H13BrN4S. The summed E-state index contributed by atoms with van der Waals surface area (Å²) in [5.41, 5.74) is 2.19. The Labute approximate surface area is 129 Å². The summed E-state index contributed by atoms with van der Waals surface area (Å²) in [6.07, 6.45) is 0. The van der Waals surface area contributed by atoms with E-state index in [1.165, 1.54) is 5.56 Å². The van der Waals surface area contributed by atoms with E-state index in [1.54, 1.807) is 11.3 Å². The quantitative estimate of drug-likeness (QED) is 0.729. The van der Waals surface area contributed by atoms with Gasteiger partial charge in [0.25, 0.3) is 0 Å². The molecule has 3 aromatic rings. The maximum atomic E-state index is 4.50. The third kappa shape index (κ3) is 2.62. The molecule has 20 heavy (non-hydrogen) atoms. The summed E-state index contributed by atoms with van der Waals surface area (Å²) >= 11 is 5.12. The molecule has 0 spiro atoms. The first kappa shape index (κ1) is 13.3. The summed E-state index contributed by atoms with van der Waals surface area (Å²) < 4.78 is 1.05. The van der Waals surface area contributed by atoms with Crippen LogP contribution >= 0.6 is 27.3 Å². The highest BCUT2D eigenvalue weighted by Crippen LogP contribution is 2.29. The van der Waals surface area contributed by atoms with Crippen molar-refractivity contribution in [1.29, 1.82) is 0 Å². The summed E-state index contributed by atoms with van der Waals surface area (Å²) in [5, 5.41) is 9.43. The van der Waals surface area contributed by atoms with Crippen molar-refractivity contribution in [2.75, 3.05) is 17.7 Å². The average Bonchev–Trinajstić information content (AvgIpc) is 2.85. The molecule has 2 aromatic heterocycles. The normalized spacial score (nSPS) is 10.8. The smallest absolute Gasteiger partial charge is 0.225 e. The highest BCUT2D eigenvalue weighted by atomic mass is 79.9. The second-order valence-corrected chi connectivity index (χ2v) is 6.24. The van der Waals surface area contributed by atoms with E-state index in [2.05, 4.69) is 55.6 Å². The Morgan fingerprint density at radius 2 is 2.05 bits per heavy atom. The maximum Gasteiger partial charge on any atom is 0.225 e. The summed E-state index contributed by atoms with van der Waals surface area (Å²) in [7, 11) is 1.82. The number of halogens is 1. The largest absolute Gasteiger partial charge is 0.357 e. The van der Waals surface area contributed by atoms with Crippen LogP contribution < -0.4 is 10.6 Å². The monoisotopic (exact) mass is 348 g/mol. The molecule has 1 aromatic carbocycles. The fraction of sp³-hybridized carbons (Fsp3) is 0.143. The molecule has 0 aliphatic rings. The number of rotatable bonds is 3. The van der Waals surface area contributed by atoms with Crippen molar-refractivity contribution in [3.63, 3.8) is 0 Å². The van der Waals surface area contributed by atoms with Crippen molar-refractivity contribution in [1.82, 2.24) is 9.97 Å². The molecule has 3 rings (SSSR count). The molecule has 2 heterocycles. The topological polar surface area (TPSA) is 49.8 Å². The van der Waals surface area contributed by atoms with Crippen LogP contribution in [0.3, 0.4) is 0 Å². The molecule has 0 aliphatic heterocycles. The second kappa shape index (κ2) is 5.38. The highest BCUT2D eigenvalue weighted by molar-refractivity contribution is 9.10. The number of hydrogen-bond acceptors (Lipinski definition) is 5. The van der Waals surface area contributed by atoms with Crippen LogP contribution in [0.4, 0.5) is 17.5 Å². The third-order valence-corrected chi connectivity index (χ3v) is 4.12. The van der Waals surface area contributed by atoms with Crippen LogP contribution in [0.15, 0.2) is 34.1 Å². The fourth-order valence-electron chi connectivity index (χ4n) is 2.01. The number of aryl methyl sites for hydroxylation is 1. The van der Waals surface area contributed by atoms with Crippen LogP contribution in [0.5, 0.6) is 0 Å². The lowest BCUT2D eigenvalue weighted by Gasteiger charge is -2.10. The Balaban J connectivity index is 2.07. The van der Waals surface area contributed by atoms with Gasteiger partial charge in [-0.3, -0.25) is 0 Å². The molecule has 4 nitrogen and oxygen atoms in total. The Morgan fingerprint density at radius 3 is 2.80 bits per heavy atom. The Bertz CT molecular complexity index is 749. The predicted octanol–water partition coefficient (Wildman–Crippen LogP) is 4.55. The van der Waals surface area contributed by atoms with Crippen LogP contribution in [0, 0.1) is 6.92 Å². The minimum Gasteiger partial charge on any atom is -0.357 e. The lowest BCUT2D eigenvalue weighted by molar-refractivity contribution is 1.20. The molecule has 102 valence electrons. The molecule has 0 bridgehead atoms. The minimum atomic E-state index is 0.620. The van der Waals surface area contributed by atoms with E-state index in [0.717, 1.165) is 26.2 Å². The Kier molecular flexibility index (Phi) is 3.58. The first-order valence-corrected chi connectivity index (χ1v) is 7.80. The molecular weight excluding hydrogens is 336 g/mol. The number of nitrogens with one attached hydrogen (secondary N) is 2. The summed E-state index contributed by atoms with van der Waals surface area (Å²) in [6, 6.07) is 8.23. The zero-order chi connectivity index (χ0) is 14.1. The van der Waals surface area contributed by atoms with Crippen LogP contribution in [0.1, 0.15) is 5.56 Å². The van der Waals surface area contributed by atoms with Crippen LogP contribution in [0.2, 0.25) is 0 Å². The van der Waals surface area contributed by atoms with Crippen LogP contribution in [0.25, 0.3) is 10.2 Å². The van der Waals surface area contributed by atoms with Crippen molar-refractivity contribution in [3.05, 3.63) is 39.7 Å². The highest BCUT2D eigenvalue weighted by Gasteiger charge is 2.09. The van der Waals surface area contributed by atoms with Gasteiger partial charge in [-0.15, -0.1) is 11.3 Å². The fourth-order valence-corrected chi connectivity index (χ4v) is 3.38. The van der Waals surface area contributed by atoms with Gasteiger partial charge in [-0.05, 0) is 42.1 Å². The molecule has 2 N–H and O–H groups in total. The zero-order valence-electron chi connectivity index (χ0n) is 11.1. The van der Waals surface area contributed by atoms with Gasteiger partial charge in [-0.1, -0.05) is 15.9 Å². The number of aromatic nitrogens is 2. The summed E-state index contributed by atoms with van der Waals surface area (Å²) in [6.45, 7) is 2.06. The van der Waals surface area contributed by atoms with Gasteiger partial charge in [0.05, 0.1) is 5.39 Å². The van der Waals surface area contributed by atoms with Crippen molar-refractivity contribution in [2.24, 2.45) is 0 Å². The molecule has 0 saturated heterocycles. The Hall–Kier alpha value is -1.66. The van der Waals surface area contributed by atoms with E-state index in [0.29, 0.717) is 5.95 Å². The Morgan fingerprint density at radius 1 is 1.20 bits per heavy atom. The van der Waals surface area contributed by atoms with Gasteiger partial charge in [0, 0.05) is 17.2 Å². The van der Waals surface area contributed by atoms with E-state index in [1.807, 2.05) is 24.6 Å². The van der Waals surface area contributed by atoms with Gasteiger partial charge in [-0.25, -0.2) is 4.98 Å². The third-order valence-electron chi connectivity index (χ3n) is 2.85. The van der Waals surface area contributed by atoms with Crippen molar-refractivity contribution >= 4 is 54.9 Å². The van der Waals surface area contributed by atoms with Crippen LogP contribution in [-0.4, -0.2) is 17.0 Å². The molecule has 0 fully saturated rings. The SMILES string of the molecule is CNc1nc(Nc2cc(C)cc(Br)c2)c2ccsc2n1. The molecule has 0 radical (unpaired) electrons. The van der Waals surface area contributed by atoms with Gasteiger partial charge in [0.2, 0.25) is 5.95 Å². The van der Waals surface area contributed by atoms with E-state index < -0.39 is 0 Å². The van der Waals surface area contributed by atoms with Gasteiger partial charge >= 0.3 is 0 Å². The molecule has 0 unspecified atom stereocenters. The van der Waals surface area contributed by atoms with Crippen molar-refractivity contribution in [2.45, 2.75) is 6.92 Å². The van der Waals surface area contributed by atoms with E-state index >= 15 is 0 Å². The second-order valence-electron chi connectivity index (χ2n) is 4.43. The molecule has 0 atom stereocenters. The molecule has 0 aliphatic carbocycles. The van der Waals surface area contributed by atoms with Crippen molar-refractivity contribution < 1.29 is 0 Å². The number of thiophene rings is 1. The number of anilines is 3. The lowest BCUT2D eigenvalue weighted by Crippen LogP contribution is -2.01. The number of benzene rings is 1. The zero-order valence-corrected chi connectivity index (χ0v) is 13.5. The number of nitrogens with zero attached hydrogens (tertiary/aromatic N) is 2. The van der Waals surface area contributed by atoms with E-state index in [-0.39, 0.29) is 0 Å². The first-order valence-electron chi connectivity index (χ1n) is 6.13. The number of fused-ring (bicyclic) bond motifs is 1. The standard InChI is InChI=1S/C14H13BrN4S/c1-8-5-9(15)7-10(6-8)17-12-11-3-4-20-13(11)19-14(16-2)18-12/h3-7H,1-2H3,(H2,16,17,18,19). The minimum absolute atomic E-state index is 0.620. The number of hydrogen-bond donors (Lipinski definition) is 2. The molecule has 0 amide bonds. The van der Waals surface area contributed by atoms with Gasteiger partial charge in [0.15, 0.2) is 0 Å². The maximum absolute atomic E-state index is 4.50. The summed E-state index contributed by atoms with van der Waals surface area (Å²) in [5.74, 6) is 1.44. The molecule has 6 heteroatoms. The molecule has 0 saturated carbocycles. The average molecular weight is 349 g/mol. The van der Waals surface area contributed by atoms with E-state index in [9.17, 15) is 0 Å². The van der Waals surface area contributed by atoms with Gasteiger partial charge in [-0.2, -0.15) is 4.98 Å². The first-order chi connectivity index (χ1) is 9.65.